The number of aromatic amines is 1. The molecular formula is C10H11N3O. The highest BCUT2D eigenvalue weighted by Gasteiger charge is 2.03. The van der Waals surface area contributed by atoms with Gasteiger partial charge in [-0.2, -0.15) is 5.10 Å². The molecule has 0 unspecified atom stereocenters. The minimum atomic E-state index is 0.660. The number of nitrogens with zero attached hydrogens (tertiary/aromatic N) is 2. The predicted molar refractivity (Wildman–Crippen MR) is 53.1 cm³/mol. The Kier molecular flexibility index (Phi) is 2.18. The van der Waals surface area contributed by atoms with Crippen molar-refractivity contribution in [2.75, 3.05) is 7.11 Å². The third-order valence-electron chi connectivity index (χ3n) is 2.04. The quantitative estimate of drug-likeness (QED) is 0.783. The fourth-order valence-corrected chi connectivity index (χ4v) is 1.34. The Morgan fingerprint density at radius 1 is 1.43 bits per heavy atom. The van der Waals surface area contributed by atoms with E-state index in [4.69, 9.17) is 4.74 Å². The number of H-pyrrole nitrogens is 1. The van der Waals surface area contributed by atoms with Crippen LogP contribution < -0.4 is 4.74 Å². The number of aryl methyl sites for hydroxylation is 1. The van der Waals surface area contributed by atoms with Gasteiger partial charge in [0.25, 0.3) is 0 Å². The molecule has 0 amide bonds. The van der Waals surface area contributed by atoms with Gasteiger partial charge in [0.1, 0.15) is 0 Å². The predicted octanol–water partition coefficient (Wildman–Crippen LogP) is 1.79. The van der Waals surface area contributed by atoms with Gasteiger partial charge in [0, 0.05) is 23.5 Å². The van der Waals surface area contributed by atoms with Crippen LogP contribution in [-0.2, 0) is 0 Å². The van der Waals surface area contributed by atoms with Crippen LogP contribution in [0.25, 0.3) is 11.3 Å². The molecule has 2 heterocycles. The molecule has 0 aliphatic heterocycles. The van der Waals surface area contributed by atoms with Gasteiger partial charge in [-0.1, -0.05) is 0 Å². The maximum absolute atomic E-state index is 5.08. The average molecular weight is 189 g/mol. The highest BCUT2D eigenvalue weighted by molar-refractivity contribution is 5.59. The summed E-state index contributed by atoms with van der Waals surface area (Å²) in [7, 11) is 1.62. The molecule has 0 atom stereocenters. The third kappa shape index (κ3) is 1.46. The Balaban J connectivity index is 2.43. The van der Waals surface area contributed by atoms with Crippen molar-refractivity contribution >= 4 is 0 Å². The second kappa shape index (κ2) is 3.49. The summed E-state index contributed by atoms with van der Waals surface area (Å²) in [4.78, 5) is 4.18. The SMILES string of the molecule is COc1ncc(-c2ccn[nH]2)cc1C. The molecule has 14 heavy (non-hydrogen) atoms. The standard InChI is InChI=1S/C10H11N3O/c1-7-5-8(6-11-10(7)14-2)9-3-4-12-13-9/h3-6H,1-2H3,(H,12,13). The van der Waals surface area contributed by atoms with E-state index in [9.17, 15) is 0 Å². The lowest BCUT2D eigenvalue weighted by atomic mass is 10.1. The maximum Gasteiger partial charge on any atom is 0.215 e. The topological polar surface area (TPSA) is 50.8 Å². The van der Waals surface area contributed by atoms with E-state index >= 15 is 0 Å². The summed E-state index contributed by atoms with van der Waals surface area (Å²) in [6, 6.07) is 3.92. The molecule has 2 rings (SSSR count). The summed E-state index contributed by atoms with van der Waals surface area (Å²) < 4.78 is 5.08. The molecule has 0 saturated carbocycles. The zero-order valence-corrected chi connectivity index (χ0v) is 8.11. The highest BCUT2D eigenvalue weighted by Crippen LogP contribution is 2.21. The lowest BCUT2D eigenvalue weighted by Gasteiger charge is -2.04. The monoisotopic (exact) mass is 189 g/mol. The van der Waals surface area contributed by atoms with Crippen LogP contribution in [0.3, 0.4) is 0 Å². The highest BCUT2D eigenvalue weighted by atomic mass is 16.5. The number of rotatable bonds is 2. The molecule has 0 saturated heterocycles. The van der Waals surface area contributed by atoms with Crippen LogP contribution in [0.4, 0.5) is 0 Å². The van der Waals surface area contributed by atoms with Crippen LogP contribution >= 0.6 is 0 Å². The van der Waals surface area contributed by atoms with Crippen LogP contribution in [0, 0.1) is 6.92 Å². The van der Waals surface area contributed by atoms with Crippen molar-refractivity contribution < 1.29 is 4.74 Å². The van der Waals surface area contributed by atoms with Crippen molar-refractivity contribution in [3.8, 4) is 17.1 Å². The van der Waals surface area contributed by atoms with Gasteiger partial charge in [0.2, 0.25) is 5.88 Å². The van der Waals surface area contributed by atoms with Crippen LogP contribution in [0.15, 0.2) is 24.5 Å². The zero-order chi connectivity index (χ0) is 9.97. The van der Waals surface area contributed by atoms with Crippen molar-refractivity contribution in [2.45, 2.75) is 6.92 Å². The molecule has 2 aromatic rings. The summed E-state index contributed by atoms with van der Waals surface area (Å²) in [5.74, 6) is 0.660. The molecule has 0 aromatic carbocycles. The molecule has 1 N–H and O–H groups in total. The summed E-state index contributed by atoms with van der Waals surface area (Å²) >= 11 is 0. The number of nitrogens with one attached hydrogen (secondary N) is 1. The van der Waals surface area contributed by atoms with Crippen molar-refractivity contribution in [2.24, 2.45) is 0 Å². The van der Waals surface area contributed by atoms with E-state index in [1.165, 1.54) is 0 Å². The fourth-order valence-electron chi connectivity index (χ4n) is 1.34. The Morgan fingerprint density at radius 3 is 2.86 bits per heavy atom. The van der Waals surface area contributed by atoms with Crippen LogP contribution in [0.5, 0.6) is 5.88 Å². The van der Waals surface area contributed by atoms with Gasteiger partial charge >= 0.3 is 0 Å². The van der Waals surface area contributed by atoms with Crippen LogP contribution in [-0.4, -0.2) is 22.3 Å². The Labute approximate surface area is 81.9 Å². The van der Waals surface area contributed by atoms with Gasteiger partial charge < -0.3 is 4.74 Å². The molecule has 0 aliphatic rings. The van der Waals surface area contributed by atoms with Gasteiger partial charge in [-0.05, 0) is 19.1 Å². The van der Waals surface area contributed by atoms with Crippen LogP contribution in [0.1, 0.15) is 5.56 Å². The first-order valence-electron chi connectivity index (χ1n) is 4.31. The number of ether oxygens (including phenoxy) is 1. The Bertz CT molecular complexity index is 423. The van der Waals surface area contributed by atoms with E-state index < -0.39 is 0 Å². The minimum Gasteiger partial charge on any atom is -0.481 e. The molecule has 0 spiro atoms. The second-order valence-electron chi connectivity index (χ2n) is 3.02. The molecule has 4 nitrogen and oxygen atoms in total. The normalized spacial score (nSPS) is 10.1. The molecular weight excluding hydrogens is 178 g/mol. The van der Waals surface area contributed by atoms with Crippen LogP contribution in [0.2, 0.25) is 0 Å². The van der Waals surface area contributed by atoms with Crippen molar-refractivity contribution in [3.63, 3.8) is 0 Å². The van der Waals surface area contributed by atoms with E-state index in [1.54, 1.807) is 19.5 Å². The van der Waals surface area contributed by atoms with E-state index in [0.717, 1.165) is 16.8 Å². The number of pyridine rings is 1. The first-order chi connectivity index (χ1) is 6.81. The molecule has 72 valence electrons. The third-order valence-corrected chi connectivity index (χ3v) is 2.04. The largest absolute Gasteiger partial charge is 0.481 e. The summed E-state index contributed by atoms with van der Waals surface area (Å²) in [6.45, 7) is 1.96. The van der Waals surface area contributed by atoms with Gasteiger partial charge in [-0.15, -0.1) is 0 Å². The Morgan fingerprint density at radius 2 is 2.29 bits per heavy atom. The molecule has 2 aromatic heterocycles. The van der Waals surface area contributed by atoms with Crippen molar-refractivity contribution in [1.29, 1.82) is 0 Å². The van der Waals surface area contributed by atoms with E-state index in [-0.39, 0.29) is 0 Å². The van der Waals surface area contributed by atoms with Crippen molar-refractivity contribution in [1.82, 2.24) is 15.2 Å². The molecule has 4 heteroatoms. The number of methoxy groups -OCH3 is 1. The van der Waals surface area contributed by atoms with E-state index in [2.05, 4.69) is 15.2 Å². The number of hydrogen-bond donors (Lipinski definition) is 1. The fraction of sp³-hybridized carbons (Fsp3) is 0.200. The van der Waals surface area contributed by atoms with Gasteiger partial charge in [-0.3, -0.25) is 5.10 Å². The minimum absolute atomic E-state index is 0.660. The van der Waals surface area contributed by atoms with Gasteiger partial charge in [0.05, 0.1) is 12.8 Å². The molecule has 0 fully saturated rings. The molecule has 0 radical (unpaired) electrons. The molecule has 0 bridgehead atoms. The zero-order valence-electron chi connectivity index (χ0n) is 8.11. The first kappa shape index (κ1) is 8.74. The second-order valence-corrected chi connectivity index (χ2v) is 3.02. The summed E-state index contributed by atoms with van der Waals surface area (Å²) in [6.07, 6.45) is 3.48. The lowest BCUT2D eigenvalue weighted by Crippen LogP contribution is -1.91. The molecule has 0 aliphatic carbocycles. The van der Waals surface area contributed by atoms with Gasteiger partial charge in [-0.25, -0.2) is 4.98 Å². The summed E-state index contributed by atoms with van der Waals surface area (Å²) in [5, 5.41) is 6.77. The smallest absolute Gasteiger partial charge is 0.215 e. The van der Waals surface area contributed by atoms with E-state index in [1.807, 2.05) is 19.1 Å². The average Bonchev–Trinajstić information content (AvgIpc) is 2.70. The first-order valence-corrected chi connectivity index (χ1v) is 4.31. The maximum atomic E-state index is 5.08. The summed E-state index contributed by atoms with van der Waals surface area (Å²) in [5.41, 5.74) is 2.99. The number of hydrogen-bond acceptors (Lipinski definition) is 3. The van der Waals surface area contributed by atoms with Gasteiger partial charge in [0.15, 0.2) is 0 Å². The van der Waals surface area contributed by atoms with E-state index in [0.29, 0.717) is 5.88 Å². The van der Waals surface area contributed by atoms with Crippen molar-refractivity contribution in [3.05, 3.63) is 30.1 Å². The number of aromatic nitrogens is 3. The lowest BCUT2D eigenvalue weighted by molar-refractivity contribution is 0.394. The Hall–Kier alpha value is -1.84.